The van der Waals surface area contributed by atoms with Crippen LogP contribution in [0.2, 0.25) is 5.02 Å². The predicted octanol–water partition coefficient (Wildman–Crippen LogP) is 4.19. The molecule has 1 aliphatic carbocycles. The highest BCUT2D eigenvalue weighted by molar-refractivity contribution is 6.36. The van der Waals surface area contributed by atoms with Gasteiger partial charge in [-0.2, -0.15) is 4.98 Å². The smallest absolute Gasteiger partial charge is 0.297 e. The van der Waals surface area contributed by atoms with Gasteiger partial charge >= 0.3 is 0 Å². The van der Waals surface area contributed by atoms with E-state index in [1.165, 1.54) is 11.5 Å². The van der Waals surface area contributed by atoms with E-state index in [4.69, 9.17) is 25.8 Å². The Morgan fingerprint density at radius 1 is 1.27 bits per heavy atom. The summed E-state index contributed by atoms with van der Waals surface area (Å²) >= 11 is 6.26. The van der Waals surface area contributed by atoms with E-state index < -0.39 is 31.6 Å². The Bertz CT molecular complexity index is 967. The van der Waals surface area contributed by atoms with Gasteiger partial charge in [0.15, 0.2) is 5.82 Å². The number of carbonyl (C=O) groups is 1. The summed E-state index contributed by atoms with van der Waals surface area (Å²) in [6.07, 6.45) is -0.431. The molecule has 12 heteroatoms. The summed E-state index contributed by atoms with van der Waals surface area (Å²) in [4.78, 5) is 15.3. The minimum absolute atomic E-state index is 0.0319. The molecule has 184 valence electrons. The number of carbonyl (C=O) groups excluding carboxylic acids is 1. The van der Waals surface area contributed by atoms with Crippen molar-refractivity contribution >= 4 is 28.5 Å². The van der Waals surface area contributed by atoms with Crippen LogP contribution in [-0.2, 0) is 16.6 Å². The number of nitrogens with zero attached hydrogens (tertiary/aromatic N) is 2. The van der Waals surface area contributed by atoms with Gasteiger partial charge in [0, 0.05) is 20.0 Å². The number of hydrogen-bond acceptors (Lipinski definition) is 5. The lowest BCUT2D eigenvalue weighted by Gasteiger charge is -2.29. The fourth-order valence-electron chi connectivity index (χ4n) is 3.75. The van der Waals surface area contributed by atoms with Gasteiger partial charge in [-0.05, 0) is 25.7 Å². The predicted molar refractivity (Wildman–Crippen MR) is 113 cm³/mol. The number of ether oxygens (including phenoxy) is 3. The largest absolute Gasteiger partial charge is 0.486 e. The maximum atomic E-state index is 14.5. The van der Waals surface area contributed by atoms with Crippen molar-refractivity contribution in [3.63, 3.8) is 0 Å². The van der Waals surface area contributed by atoms with Crippen LogP contribution in [0, 0.1) is 5.82 Å². The number of benzene rings is 1. The Labute approximate surface area is 193 Å². The molecule has 2 aromatic rings. The molecular weight excluding hydrogens is 470 g/mol. The first-order chi connectivity index (χ1) is 15.7. The summed E-state index contributed by atoms with van der Waals surface area (Å²) < 4.78 is 70.4. The van der Waals surface area contributed by atoms with Gasteiger partial charge in [-0.25, -0.2) is 17.6 Å². The summed E-state index contributed by atoms with van der Waals surface area (Å²) in [6.45, 7) is -0.208. The van der Waals surface area contributed by atoms with Crippen molar-refractivity contribution in [3.05, 3.63) is 16.9 Å². The fourth-order valence-corrected chi connectivity index (χ4v) is 4.08. The monoisotopic (exact) mass is 495 g/mol. The molecule has 0 spiro atoms. The molecule has 0 unspecified atom stereocenters. The zero-order valence-electron chi connectivity index (χ0n) is 18.3. The summed E-state index contributed by atoms with van der Waals surface area (Å²) in [6, 6.07) is 0.396. The van der Waals surface area contributed by atoms with E-state index in [2.05, 4.69) is 10.3 Å². The van der Waals surface area contributed by atoms with E-state index in [1.54, 1.807) is 7.05 Å². The summed E-state index contributed by atoms with van der Waals surface area (Å²) in [7, 11) is 1.58. The minimum Gasteiger partial charge on any atom is -0.486 e. The lowest BCUT2D eigenvalue weighted by Crippen LogP contribution is -2.40. The van der Waals surface area contributed by atoms with Crippen molar-refractivity contribution in [1.82, 2.24) is 14.9 Å². The second kappa shape index (κ2) is 11.2. The molecule has 33 heavy (non-hydrogen) atoms. The van der Waals surface area contributed by atoms with Crippen molar-refractivity contribution in [2.75, 3.05) is 19.9 Å². The van der Waals surface area contributed by atoms with E-state index in [0.717, 1.165) is 6.07 Å². The van der Waals surface area contributed by atoms with Crippen molar-refractivity contribution in [1.29, 1.82) is 0 Å². The van der Waals surface area contributed by atoms with E-state index >= 15 is 0 Å². The maximum Gasteiger partial charge on any atom is 0.297 e. The van der Waals surface area contributed by atoms with Crippen molar-refractivity contribution in [3.8, 4) is 11.8 Å². The summed E-state index contributed by atoms with van der Waals surface area (Å²) in [5.74, 6) is -1.27. The Kier molecular flexibility index (Phi) is 8.63. The highest BCUT2D eigenvalue weighted by Crippen LogP contribution is 2.37. The van der Waals surface area contributed by atoms with E-state index in [0.29, 0.717) is 25.7 Å². The number of hydrogen-bond donors (Lipinski definition) is 1. The highest BCUT2D eigenvalue weighted by atomic mass is 35.5. The van der Waals surface area contributed by atoms with E-state index in [1.807, 2.05) is 0 Å². The van der Waals surface area contributed by atoms with Crippen molar-refractivity contribution < 1.29 is 36.6 Å². The topological polar surface area (TPSA) is 74.6 Å². The van der Waals surface area contributed by atoms with Crippen molar-refractivity contribution in [2.45, 2.75) is 57.3 Å². The average molecular weight is 496 g/mol. The fraction of sp³-hybridized carbons (Fsp3) is 0.619. The third-order valence-electron chi connectivity index (χ3n) is 5.35. The Hall–Kier alpha value is -2.27. The first-order valence-corrected chi connectivity index (χ1v) is 10.9. The number of amides is 1. The van der Waals surface area contributed by atoms with Crippen LogP contribution < -0.4 is 14.8 Å². The number of aryl methyl sites for hydroxylation is 1. The van der Waals surface area contributed by atoms with Crippen LogP contribution in [0.3, 0.4) is 0 Å². The standard InChI is InChI=1S/C21H26ClF4N3O4/c1-11(30)27-12(8-23)9-31-13-3-5-14(6-4-13)33-21-28-19-15(24)7-16(32-10-17(25)26)18(22)20(19)29(21)2/h7,12-14,17H,3-6,8-10H2,1-2H3,(H,27,30)/t12-,13?,14?/m0/s1. The number of halogens is 5. The number of imidazole rings is 1. The van der Waals surface area contributed by atoms with Gasteiger partial charge in [0.05, 0.1) is 24.3 Å². The number of fused-ring (bicyclic) bond motifs is 1. The third kappa shape index (κ3) is 6.41. The number of aromatic nitrogens is 2. The van der Waals surface area contributed by atoms with Gasteiger partial charge in [0.1, 0.15) is 35.7 Å². The van der Waals surface area contributed by atoms with E-state index in [9.17, 15) is 22.4 Å². The van der Waals surface area contributed by atoms with Crippen LogP contribution in [-0.4, -0.2) is 60.0 Å². The molecule has 1 atom stereocenters. The first kappa shape index (κ1) is 25.4. The van der Waals surface area contributed by atoms with Crippen LogP contribution in [0.5, 0.6) is 11.8 Å². The van der Waals surface area contributed by atoms with E-state index in [-0.39, 0.29) is 52.5 Å². The Morgan fingerprint density at radius 2 is 1.94 bits per heavy atom. The van der Waals surface area contributed by atoms with Gasteiger partial charge in [0.2, 0.25) is 5.91 Å². The third-order valence-corrected chi connectivity index (χ3v) is 5.71. The molecule has 0 saturated heterocycles. The molecule has 0 bridgehead atoms. The molecule has 0 radical (unpaired) electrons. The van der Waals surface area contributed by atoms with Gasteiger partial charge in [-0.15, -0.1) is 0 Å². The second-order valence-electron chi connectivity index (χ2n) is 7.92. The average Bonchev–Trinajstić information content (AvgIpc) is 3.10. The number of nitrogens with one attached hydrogen (secondary N) is 1. The van der Waals surface area contributed by atoms with Crippen molar-refractivity contribution in [2.24, 2.45) is 7.05 Å². The molecule has 1 heterocycles. The van der Waals surface area contributed by atoms with Crippen LogP contribution in [0.15, 0.2) is 6.07 Å². The molecule has 0 aliphatic heterocycles. The quantitative estimate of drug-likeness (QED) is 0.500. The van der Waals surface area contributed by atoms with Gasteiger partial charge in [0.25, 0.3) is 12.4 Å². The van der Waals surface area contributed by atoms with Crippen LogP contribution >= 0.6 is 11.6 Å². The number of alkyl halides is 3. The molecule has 1 aliphatic rings. The number of rotatable bonds is 10. The zero-order chi connectivity index (χ0) is 24.1. The summed E-state index contributed by atoms with van der Waals surface area (Å²) in [5.41, 5.74) is 0.136. The maximum absolute atomic E-state index is 14.5. The zero-order valence-corrected chi connectivity index (χ0v) is 19.0. The van der Waals surface area contributed by atoms with Crippen LogP contribution in [0.25, 0.3) is 11.0 Å². The second-order valence-corrected chi connectivity index (χ2v) is 8.30. The van der Waals surface area contributed by atoms with Gasteiger partial charge in [-0.1, -0.05) is 11.6 Å². The first-order valence-electron chi connectivity index (χ1n) is 10.6. The summed E-state index contributed by atoms with van der Waals surface area (Å²) in [5, 5.41) is 2.46. The van der Waals surface area contributed by atoms with Crippen LogP contribution in [0.1, 0.15) is 32.6 Å². The van der Waals surface area contributed by atoms with Gasteiger partial charge < -0.3 is 19.5 Å². The highest BCUT2D eigenvalue weighted by Gasteiger charge is 2.27. The molecule has 1 aromatic heterocycles. The normalized spacial score (nSPS) is 19.6. The molecule has 7 nitrogen and oxygen atoms in total. The SMILES string of the molecule is CC(=O)N[C@@H](CF)COC1CCC(Oc2nc3c(F)cc(OCC(F)F)c(Cl)c3n2C)CC1. The molecule has 3 rings (SSSR count). The molecule has 1 amide bonds. The Balaban J connectivity index is 1.61. The van der Waals surface area contributed by atoms with Crippen LogP contribution in [0.4, 0.5) is 17.6 Å². The molecular formula is C21H26ClF4N3O4. The lowest BCUT2D eigenvalue weighted by molar-refractivity contribution is -0.120. The Morgan fingerprint density at radius 3 is 2.55 bits per heavy atom. The molecule has 1 fully saturated rings. The lowest BCUT2D eigenvalue weighted by atomic mass is 9.95. The molecule has 1 aromatic carbocycles. The molecule has 1 N–H and O–H groups in total. The minimum atomic E-state index is -2.72. The molecule has 1 saturated carbocycles. The van der Waals surface area contributed by atoms with Gasteiger partial charge in [-0.3, -0.25) is 9.36 Å².